The van der Waals surface area contributed by atoms with Crippen LogP contribution in [-0.4, -0.2) is 97.5 Å². The molecule has 6 unspecified atom stereocenters. The molecule has 0 amide bonds. The van der Waals surface area contributed by atoms with E-state index in [1.165, 1.54) is 38.5 Å². The van der Waals surface area contributed by atoms with Crippen molar-refractivity contribution in [3.8, 4) is 0 Å². The average Bonchev–Trinajstić information content (AvgIpc) is 3.29. The van der Waals surface area contributed by atoms with Crippen molar-refractivity contribution < 1.29 is 56.2 Å². The van der Waals surface area contributed by atoms with E-state index in [-0.39, 0.29) is 19.6 Å². The van der Waals surface area contributed by atoms with E-state index in [0.29, 0.717) is 19.4 Å². The van der Waals surface area contributed by atoms with Gasteiger partial charge in [0.2, 0.25) is 0 Å². The number of esters is 1. The first kappa shape index (κ1) is 60.8. The van der Waals surface area contributed by atoms with Crippen LogP contribution in [0.1, 0.15) is 155 Å². The fraction of sp³-hybridized carbons (Fsp3) is 0.642. The molecule has 66 heavy (non-hydrogen) atoms. The summed E-state index contributed by atoms with van der Waals surface area (Å²) in [7, 11) is -5.08. The van der Waals surface area contributed by atoms with Gasteiger partial charge in [-0.15, -0.1) is 0 Å². The van der Waals surface area contributed by atoms with Gasteiger partial charge in [0.1, 0.15) is 30.5 Å². The second kappa shape index (κ2) is 43.1. The van der Waals surface area contributed by atoms with Crippen molar-refractivity contribution in [1.82, 2.24) is 0 Å². The van der Waals surface area contributed by atoms with E-state index in [9.17, 15) is 33.1 Å². The average molecular weight is 947 g/mol. The van der Waals surface area contributed by atoms with Gasteiger partial charge in [0.15, 0.2) is 6.29 Å². The minimum atomic E-state index is -5.08. The number of hydrogen-bond donors (Lipinski definition) is 4. The van der Waals surface area contributed by atoms with E-state index < -0.39 is 59.8 Å². The molecule has 376 valence electrons. The van der Waals surface area contributed by atoms with Crippen molar-refractivity contribution in [2.75, 3.05) is 26.4 Å². The van der Waals surface area contributed by atoms with Gasteiger partial charge in [-0.25, -0.2) is 4.18 Å². The highest BCUT2D eigenvalue weighted by Gasteiger charge is 2.48. The van der Waals surface area contributed by atoms with Crippen molar-refractivity contribution >= 4 is 16.4 Å². The van der Waals surface area contributed by atoms with Gasteiger partial charge in [-0.2, -0.15) is 8.42 Å². The first-order valence-electron chi connectivity index (χ1n) is 24.6. The largest absolute Gasteiger partial charge is 0.457 e. The number of carbonyl (C=O) groups is 1. The molecule has 0 aromatic heterocycles. The molecule has 1 aliphatic rings. The summed E-state index contributed by atoms with van der Waals surface area (Å²) in [5.41, 5.74) is 0. The van der Waals surface area contributed by atoms with Crippen LogP contribution in [0.3, 0.4) is 0 Å². The molecule has 4 N–H and O–H groups in total. The zero-order chi connectivity index (χ0) is 48.2. The van der Waals surface area contributed by atoms with Gasteiger partial charge < -0.3 is 34.3 Å². The third kappa shape index (κ3) is 35.9. The summed E-state index contributed by atoms with van der Waals surface area (Å²) in [6, 6.07) is 0. The highest BCUT2D eigenvalue weighted by molar-refractivity contribution is 7.80. The van der Waals surface area contributed by atoms with Crippen LogP contribution in [0.2, 0.25) is 0 Å². The quantitative estimate of drug-likeness (QED) is 0.0198. The fourth-order valence-electron chi connectivity index (χ4n) is 6.79. The van der Waals surface area contributed by atoms with Crippen LogP contribution in [-0.2, 0) is 38.3 Å². The Balaban J connectivity index is 2.42. The molecule has 1 saturated heterocycles. The number of hydrogen-bond acceptors (Lipinski definition) is 11. The molecule has 0 aromatic carbocycles. The second-order valence-corrected chi connectivity index (χ2v) is 17.3. The Morgan fingerprint density at radius 1 is 0.576 bits per heavy atom. The molecule has 0 aromatic rings. The molecule has 13 heteroatoms. The van der Waals surface area contributed by atoms with Gasteiger partial charge in [-0.05, 0) is 83.5 Å². The third-order valence-electron chi connectivity index (χ3n) is 10.4. The van der Waals surface area contributed by atoms with Crippen LogP contribution in [0.25, 0.3) is 0 Å². The molecule has 0 radical (unpaired) electrons. The molecule has 0 spiro atoms. The lowest BCUT2D eigenvalue weighted by molar-refractivity contribution is -0.301. The lowest BCUT2D eigenvalue weighted by Gasteiger charge is -2.41. The lowest BCUT2D eigenvalue weighted by atomic mass is 9.99. The van der Waals surface area contributed by atoms with E-state index in [0.717, 1.165) is 83.5 Å². The highest BCUT2D eigenvalue weighted by atomic mass is 32.3. The lowest BCUT2D eigenvalue weighted by Crippen LogP contribution is -2.60. The number of rotatable bonds is 41. The van der Waals surface area contributed by atoms with Gasteiger partial charge in [0.25, 0.3) is 0 Å². The van der Waals surface area contributed by atoms with E-state index in [1.807, 2.05) is 12.2 Å². The molecule has 0 bridgehead atoms. The predicted octanol–water partition coefficient (Wildman–Crippen LogP) is 11.2. The highest BCUT2D eigenvalue weighted by Crippen LogP contribution is 2.26. The Bertz CT molecular complexity index is 1560. The van der Waals surface area contributed by atoms with Gasteiger partial charge in [-0.1, -0.05) is 175 Å². The Labute approximate surface area is 398 Å². The number of aliphatic hydroxyl groups excluding tert-OH is 3. The second-order valence-electron chi connectivity index (χ2n) is 16.3. The Hall–Kier alpha value is -3.24. The molecule has 0 aliphatic carbocycles. The van der Waals surface area contributed by atoms with Crippen molar-refractivity contribution in [3.05, 3.63) is 109 Å². The summed E-state index contributed by atoms with van der Waals surface area (Å²) in [5, 5.41) is 30.7. The van der Waals surface area contributed by atoms with Crippen molar-refractivity contribution in [2.45, 2.75) is 192 Å². The monoisotopic (exact) mass is 947 g/mol. The van der Waals surface area contributed by atoms with Crippen LogP contribution in [0.4, 0.5) is 0 Å². The Morgan fingerprint density at radius 3 is 1.45 bits per heavy atom. The predicted molar refractivity (Wildman–Crippen MR) is 266 cm³/mol. The third-order valence-corrected chi connectivity index (χ3v) is 10.9. The first-order chi connectivity index (χ1) is 32.1. The van der Waals surface area contributed by atoms with E-state index in [4.69, 9.17) is 18.9 Å². The zero-order valence-corrected chi connectivity index (χ0v) is 41.0. The van der Waals surface area contributed by atoms with Gasteiger partial charge in [-0.3, -0.25) is 9.35 Å². The maximum atomic E-state index is 12.9. The van der Waals surface area contributed by atoms with Crippen LogP contribution >= 0.6 is 0 Å². The number of unbranched alkanes of at least 4 members (excludes halogenated alkanes) is 10. The summed E-state index contributed by atoms with van der Waals surface area (Å²) < 4.78 is 59.1. The van der Waals surface area contributed by atoms with Crippen molar-refractivity contribution in [2.24, 2.45) is 0 Å². The van der Waals surface area contributed by atoms with Crippen molar-refractivity contribution in [3.63, 3.8) is 0 Å². The number of ether oxygens (including phenoxy) is 4. The van der Waals surface area contributed by atoms with Crippen LogP contribution < -0.4 is 0 Å². The molecule has 6 atom stereocenters. The fourth-order valence-corrected chi connectivity index (χ4v) is 7.29. The minimum absolute atomic E-state index is 0.0271. The maximum absolute atomic E-state index is 12.9. The summed E-state index contributed by atoms with van der Waals surface area (Å²) in [5.74, 6) is -0.434. The topological polar surface area (TPSA) is 178 Å². The molecule has 1 fully saturated rings. The molecule has 1 aliphatic heterocycles. The Kier molecular flexibility index (Phi) is 39.7. The molecule has 0 saturated carbocycles. The van der Waals surface area contributed by atoms with Gasteiger partial charge in [0.05, 0.1) is 26.4 Å². The van der Waals surface area contributed by atoms with Crippen LogP contribution in [0.5, 0.6) is 0 Å². The maximum Gasteiger partial charge on any atom is 0.397 e. The van der Waals surface area contributed by atoms with Crippen LogP contribution in [0, 0.1) is 0 Å². The molecular weight excluding hydrogens is 861 g/mol. The number of aliphatic hydroxyl groups is 3. The first-order valence-corrected chi connectivity index (χ1v) is 26.0. The zero-order valence-electron chi connectivity index (χ0n) is 40.2. The van der Waals surface area contributed by atoms with E-state index >= 15 is 0 Å². The molecule has 1 heterocycles. The summed E-state index contributed by atoms with van der Waals surface area (Å²) >= 11 is 0. The Morgan fingerprint density at radius 2 is 1.00 bits per heavy atom. The molecule has 12 nitrogen and oxygen atoms in total. The molecular formula is C53H86O12S. The normalized spacial score (nSPS) is 20.5. The summed E-state index contributed by atoms with van der Waals surface area (Å²) in [4.78, 5) is 12.9. The SMILES string of the molecule is CC/C=C\C/C=C\C/C=C\C/C=C\C/C=C\CCOCC(COC1OC(CO)C(O)C(OS(=O)(=O)O)C1O)OC(=O)CCCCCCCCCCCC/C=C\C/C=C\C/C=C\C/C=C\CC. The minimum Gasteiger partial charge on any atom is -0.457 e. The van der Waals surface area contributed by atoms with Crippen LogP contribution in [0.15, 0.2) is 109 Å². The summed E-state index contributed by atoms with van der Waals surface area (Å²) in [6.45, 7) is 3.52. The number of carbonyl (C=O) groups excluding carboxylic acids is 1. The standard InChI is InChI=1S/C53H86O12S/c1-3-5-7-9-11-13-15-17-19-21-22-23-24-25-26-27-28-30-32-34-36-38-40-42-49(55)63-47(46-62-53-51(57)52(65-66(58,59)60)50(56)48(44-54)64-53)45-61-43-41-39-37-35-33-31-29-20-18-16-14-12-10-8-6-4-2/h5-8,11-14,17-20,22-23,31,33,37,39,47-48,50-54,56-57H,3-4,9-10,15-16,21,24-30,32,34-36,38,40-46H2,1-2H3,(H,58,59,60)/b7-5-,8-6-,13-11-,14-12-,19-17-,20-18-,23-22-,33-31-,39-37-. The van der Waals surface area contributed by atoms with E-state index in [2.05, 4.69) is 115 Å². The number of allylic oxidation sites excluding steroid dienone is 17. The van der Waals surface area contributed by atoms with Gasteiger partial charge >= 0.3 is 16.4 Å². The molecule has 1 rings (SSSR count). The van der Waals surface area contributed by atoms with Crippen molar-refractivity contribution in [1.29, 1.82) is 0 Å². The summed E-state index contributed by atoms with van der Waals surface area (Å²) in [6.07, 6.45) is 51.4. The van der Waals surface area contributed by atoms with E-state index in [1.54, 1.807) is 0 Å². The van der Waals surface area contributed by atoms with Gasteiger partial charge in [0, 0.05) is 6.42 Å². The smallest absolute Gasteiger partial charge is 0.397 e.